The lowest BCUT2D eigenvalue weighted by atomic mass is 9.93. The van der Waals surface area contributed by atoms with E-state index in [2.05, 4.69) is 4.98 Å². The highest BCUT2D eigenvalue weighted by molar-refractivity contribution is 6.08. The summed E-state index contributed by atoms with van der Waals surface area (Å²) >= 11 is 0. The van der Waals surface area contributed by atoms with Crippen LogP contribution in [0.25, 0.3) is 0 Å². The number of nitrogens with one attached hydrogen (secondary N) is 1. The highest BCUT2D eigenvalue weighted by atomic mass is 16.6. The maximum Gasteiger partial charge on any atom is 0.356 e. The molecule has 0 radical (unpaired) electrons. The monoisotopic (exact) mass is 307 g/mol. The minimum Gasteiger partial charge on any atom is -0.462 e. The molecule has 1 aromatic heterocycles. The maximum atomic E-state index is 12.3. The first-order valence-corrected chi connectivity index (χ1v) is 7.43. The molecule has 0 atom stereocenters. The number of carbonyl (C=O) groups excluding carboxylic acids is 3. The number of aromatic amines is 1. The molecule has 0 bridgehead atoms. The van der Waals surface area contributed by atoms with E-state index in [0.29, 0.717) is 30.5 Å². The van der Waals surface area contributed by atoms with E-state index in [9.17, 15) is 14.4 Å². The van der Waals surface area contributed by atoms with Crippen LogP contribution in [0.4, 0.5) is 0 Å². The second-order valence-electron chi connectivity index (χ2n) is 6.23. The number of carbonyl (C=O) groups is 3. The molecular formula is C16H21NO5. The number of hydrogen-bond acceptors (Lipinski definition) is 5. The molecule has 22 heavy (non-hydrogen) atoms. The lowest BCUT2D eigenvalue weighted by Crippen LogP contribution is -2.25. The van der Waals surface area contributed by atoms with Crippen molar-refractivity contribution in [2.45, 2.75) is 52.6 Å². The summed E-state index contributed by atoms with van der Waals surface area (Å²) in [6, 6.07) is 0. The third-order valence-corrected chi connectivity index (χ3v) is 3.30. The van der Waals surface area contributed by atoms with Gasteiger partial charge in [0.15, 0.2) is 5.78 Å². The maximum absolute atomic E-state index is 12.3. The van der Waals surface area contributed by atoms with Crippen LogP contribution in [0.3, 0.4) is 0 Å². The Morgan fingerprint density at radius 2 is 1.86 bits per heavy atom. The molecule has 120 valence electrons. The van der Waals surface area contributed by atoms with Crippen LogP contribution < -0.4 is 0 Å². The van der Waals surface area contributed by atoms with E-state index in [0.717, 1.165) is 0 Å². The molecule has 0 fully saturated rings. The number of ether oxygens (including phenoxy) is 2. The molecule has 1 aliphatic carbocycles. The number of rotatable bonds is 3. The molecule has 0 aliphatic heterocycles. The van der Waals surface area contributed by atoms with Gasteiger partial charge >= 0.3 is 11.9 Å². The third kappa shape index (κ3) is 3.21. The number of hydrogen-bond donors (Lipinski definition) is 1. The molecular weight excluding hydrogens is 286 g/mol. The minimum absolute atomic E-state index is 0.00799. The number of fused-ring (bicyclic) bond motifs is 1. The van der Waals surface area contributed by atoms with Crippen molar-refractivity contribution in [2.24, 2.45) is 0 Å². The molecule has 0 unspecified atom stereocenters. The Kier molecular flexibility index (Phi) is 4.39. The SMILES string of the molecule is CCOC(=O)c1c(C(=O)OC(C)(C)C)[nH]c2c1CCCC2=O. The standard InChI is InChI=1S/C16H21NO5/c1-5-21-14(19)11-9-7-6-8-10(18)12(9)17-13(11)15(20)22-16(2,3)4/h17H,5-8H2,1-4H3. The van der Waals surface area contributed by atoms with Crippen molar-refractivity contribution in [1.29, 1.82) is 0 Å². The summed E-state index contributed by atoms with van der Waals surface area (Å²) in [5, 5.41) is 0. The van der Waals surface area contributed by atoms with Gasteiger partial charge in [-0.25, -0.2) is 9.59 Å². The van der Waals surface area contributed by atoms with E-state index in [1.54, 1.807) is 27.7 Å². The van der Waals surface area contributed by atoms with Crippen molar-refractivity contribution >= 4 is 17.7 Å². The highest BCUT2D eigenvalue weighted by Crippen LogP contribution is 2.29. The van der Waals surface area contributed by atoms with Gasteiger partial charge in [-0.15, -0.1) is 0 Å². The van der Waals surface area contributed by atoms with Gasteiger partial charge in [0.1, 0.15) is 11.3 Å². The van der Waals surface area contributed by atoms with E-state index in [1.807, 2.05) is 0 Å². The van der Waals surface area contributed by atoms with Gasteiger partial charge in [0.25, 0.3) is 0 Å². The summed E-state index contributed by atoms with van der Waals surface area (Å²) in [5.74, 6) is -1.35. The summed E-state index contributed by atoms with van der Waals surface area (Å²) in [4.78, 5) is 39.3. The number of ketones is 1. The van der Waals surface area contributed by atoms with Gasteiger partial charge in [0, 0.05) is 6.42 Å². The van der Waals surface area contributed by atoms with Gasteiger partial charge < -0.3 is 14.5 Å². The first-order chi connectivity index (χ1) is 10.2. The molecule has 1 N–H and O–H groups in total. The van der Waals surface area contributed by atoms with Crippen LogP contribution in [0.1, 0.15) is 77.4 Å². The van der Waals surface area contributed by atoms with E-state index in [-0.39, 0.29) is 23.6 Å². The molecule has 6 heteroatoms. The Morgan fingerprint density at radius 3 is 2.45 bits per heavy atom. The average molecular weight is 307 g/mol. The predicted molar refractivity (Wildman–Crippen MR) is 79.2 cm³/mol. The van der Waals surface area contributed by atoms with Crippen molar-refractivity contribution in [2.75, 3.05) is 6.61 Å². The van der Waals surface area contributed by atoms with Crippen LogP contribution in [0.5, 0.6) is 0 Å². The summed E-state index contributed by atoms with van der Waals surface area (Å²) in [6.45, 7) is 7.10. The molecule has 1 aliphatic rings. The van der Waals surface area contributed by atoms with Crippen LogP contribution in [0.2, 0.25) is 0 Å². The van der Waals surface area contributed by atoms with Gasteiger partial charge in [0.2, 0.25) is 0 Å². The molecule has 2 rings (SSSR count). The normalized spacial score (nSPS) is 14.5. The molecule has 0 aromatic carbocycles. The number of H-pyrrole nitrogens is 1. The third-order valence-electron chi connectivity index (χ3n) is 3.30. The lowest BCUT2D eigenvalue weighted by Gasteiger charge is -2.19. The average Bonchev–Trinajstić information content (AvgIpc) is 2.78. The predicted octanol–water partition coefficient (Wildman–Crippen LogP) is 2.67. The molecule has 6 nitrogen and oxygen atoms in total. The van der Waals surface area contributed by atoms with Crippen LogP contribution in [-0.4, -0.2) is 34.9 Å². The van der Waals surface area contributed by atoms with Crippen molar-refractivity contribution in [3.63, 3.8) is 0 Å². The van der Waals surface area contributed by atoms with Crippen molar-refractivity contribution in [1.82, 2.24) is 4.98 Å². The molecule has 0 saturated carbocycles. The Bertz CT molecular complexity index is 621. The molecule has 1 heterocycles. The minimum atomic E-state index is -0.696. The van der Waals surface area contributed by atoms with Crippen molar-refractivity contribution in [3.8, 4) is 0 Å². The number of aromatic nitrogens is 1. The summed E-state index contributed by atoms with van der Waals surface area (Å²) in [7, 11) is 0. The van der Waals surface area contributed by atoms with Crippen LogP contribution >= 0.6 is 0 Å². The Labute approximate surface area is 129 Å². The van der Waals surface area contributed by atoms with Crippen LogP contribution in [0, 0.1) is 0 Å². The first kappa shape index (κ1) is 16.3. The zero-order chi connectivity index (χ0) is 16.5. The first-order valence-electron chi connectivity index (χ1n) is 7.43. The second kappa shape index (κ2) is 5.94. The molecule has 0 saturated heterocycles. The fourth-order valence-corrected chi connectivity index (χ4v) is 2.49. The lowest BCUT2D eigenvalue weighted by molar-refractivity contribution is 0.00583. The Balaban J connectivity index is 2.50. The quantitative estimate of drug-likeness (QED) is 0.868. The fourth-order valence-electron chi connectivity index (χ4n) is 2.49. The number of esters is 2. The zero-order valence-electron chi connectivity index (χ0n) is 13.4. The van der Waals surface area contributed by atoms with E-state index >= 15 is 0 Å². The van der Waals surface area contributed by atoms with Gasteiger partial charge in [-0.05, 0) is 46.1 Å². The second-order valence-corrected chi connectivity index (χ2v) is 6.23. The smallest absolute Gasteiger partial charge is 0.356 e. The van der Waals surface area contributed by atoms with Crippen molar-refractivity contribution < 1.29 is 23.9 Å². The summed E-state index contributed by atoms with van der Waals surface area (Å²) in [5.41, 5.74) is 0.344. The molecule has 0 amide bonds. The van der Waals surface area contributed by atoms with Crippen LogP contribution in [0.15, 0.2) is 0 Å². The highest BCUT2D eigenvalue weighted by Gasteiger charge is 2.33. The molecule has 1 aromatic rings. The fraction of sp³-hybridized carbons (Fsp3) is 0.562. The topological polar surface area (TPSA) is 85.5 Å². The zero-order valence-corrected chi connectivity index (χ0v) is 13.4. The summed E-state index contributed by atoms with van der Waals surface area (Å²) in [6.07, 6.45) is 1.63. The van der Waals surface area contributed by atoms with E-state index in [1.165, 1.54) is 0 Å². The Hall–Kier alpha value is -2.11. The largest absolute Gasteiger partial charge is 0.462 e. The molecule has 0 spiro atoms. The summed E-state index contributed by atoms with van der Waals surface area (Å²) < 4.78 is 10.3. The van der Waals surface area contributed by atoms with Crippen molar-refractivity contribution in [3.05, 3.63) is 22.5 Å². The Morgan fingerprint density at radius 1 is 1.18 bits per heavy atom. The van der Waals surface area contributed by atoms with Gasteiger partial charge in [-0.2, -0.15) is 0 Å². The van der Waals surface area contributed by atoms with Gasteiger partial charge in [-0.3, -0.25) is 4.79 Å². The van der Waals surface area contributed by atoms with Gasteiger partial charge in [-0.1, -0.05) is 0 Å². The van der Waals surface area contributed by atoms with E-state index < -0.39 is 17.5 Å². The van der Waals surface area contributed by atoms with E-state index in [4.69, 9.17) is 9.47 Å². The van der Waals surface area contributed by atoms with Crippen LogP contribution in [-0.2, 0) is 15.9 Å². The van der Waals surface area contributed by atoms with Gasteiger partial charge in [0.05, 0.1) is 17.9 Å². The number of Topliss-reactive ketones (excluding diaryl/α,β-unsaturated/α-hetero) is 1.